The lowest BCUT2D eigenvalue weighted by Gasteiger charge is -2.58. The summed E-state index contributed by atoms with van der Waals surface area (Å²) in [6.45, 7) is 8.73. The molecule has 3 heterocycles. The molecule has 2 spiro atoms. The number of ether oxygens (including phenoxy) is 5. The number of epoxide rings is 1. The molecular weight excluding hydrogens is 476 g/mol. The SMILES string of the molecule is CC1=C[C@H]2O[C@@H]3C[C@H]4OC(=O)C=C/C=C\[C@H]([C@@H](C)O)OCC/C(C)=C/C(=O)OC[C@@]2(CC1)[C@]4(C)[C@]31CO1. The Morgan fingerprint density at radius 3 is 2.57 bits per heavy atom. The highest BCUT2D eigenvalue weighted by atomic mass is 16.6. The quantitative estimate of drug-likeness (QED) is 0.323. The standard InChI is InChI=1S/C29H38O8/c1-18-9-11-28-16-34-26(32)14-19(2)10-12-33-21(20(3)30)7-5-6-8-25(31)37-22-15-24(36-23(28)13-18)29(17-35-29)27(22,28)4/h5-8,13-14,20-24,30H,9-12,15-17H2,1-4H3/b7-5-,8-6?,19-14+/t20-,21-,22-,23-,24-,27-,28-,29+/m1/s1. The monoisotopic (exact) mass is 514 g/mol. The summed E-state index contributed by atoms with van der Waals surface area (Å²) < 4.78 is 30.6. The third-order valence-corrected chi connectivity index (χ3v) is 9.24. The van der Waals surface area contributed by atoms with E-state index in [4.69, 9.17) is 23.7 Å². The number of aliphatic hydroxyl groups excluding tert-OH is 1. The summed E-state index contributed by atoms with van der Waals surface area (Å²) in [5, 5.41) is 10.0. The molecule has 2 saturated heterocycles. The first-order valence-corrected chi connectivity index (χ1v) is 13.3. The fourth-order valence-electron chi connectivity index (χ4n) is 6.85. The minimum absolute atomic E-state index is 0.144. The Morgan fingerprint density at radius 1 is 1.05 bits per heavy atom. The molecule has 8 atom stereocenters. The summed E-state index contributed by atoms with van der Waals surface area (Å²) >= 11 is 0. The van der Waals surface area contributed by atoms with E-state index < -0.39 is 46.7 Å². The molecule has 5 aliphatic rings. The van der Waals surface area contributed by atoms with Gasteiger partial charge in [0.1, 0.15) is 24.4 Å². The molecule has 3 fully saturated rings. The van der Waals surface area contributed by atoms with E-state index in [2.05, 4.69) is 19.9 Å². The van der Waals surface area contributed by atoms with E-state index in [9.17, 15) is 14.7 Å². The number of hydrogen-bond acceptors (Lipinski definition) is 8. The summed E-state index contributed by atoms with van der Waals surface area (Å²) in [5.41, 5.74) is 0.318. The highest BCUT2D eigenvalue weighted by Crippen LogP contribution is 2.72. The van der Waals surface area contributed by atoms with Crippen molar-refractivity contribution >= 4 is 11.9 Å². The van der Waals surface area contributed by atoms with Gasteiger partial charge in [0.2, 0.25) is 0 Å². The predicted octanol–water partition coefficient (Wildman–Crippen LogP) is 3.34. The summed E-state index contributed by atoms with van der Waals surface area (Å²) in [7, 11) is 0. The average Bonchev–Trinajstić information content (AvgIpc) is 3.61. The molecule has 8 nitrogen and oxygen atoms in total. The number of esters is 2. The van der Waals surface area contributed by atoms with Crippen LogP contribution in [0.15, 0.2) is 47.6 Å². The van der Waals surface area contributed by atoms with Gasteiger partial charge in [0, 0.05) is 24.0 Å². The molecule has 0 aromatic rings. The minimum Gasteiger partial charge on any atom is -0.462 e. The Bertz CT molecular complexity index is 1050. The molecule has 1 N–H and O–H groups in total. The minimum atomic E-state index is -0.735. The van der Waals surface area contributed by atoms with Crippen molar-refractivity contribution in [1.29, 1.82) is 0 Å². The molecule has 5 rings (SSSR count). The topological polar surface area (TPSA) is 104 Å². The van der Waals surface area contributed by atoms with Gasteiger partial charge in [-0.25, -0.2) is 9.59 Å². The van der Waals surface area contributed by atoms with Crippen LogP contribution in [0.2, 0.25) is 0 Å². The van der Waals surface area contributed by atoms with E-state index in [0.29, 0.717) is 26.1 Å². The number of carbonyl (C=O) groups excluding carboxylic acids is 2. The largest absolute Gasteiger partial charge is 0.462 e. The van der Waals surface area contributed by atoms with Crippen LogP contribution in [0.3, 0.4) is 0 Å². The molecule has 202 valence electrons. The molecule has 3 aliphatic heterocycles. The zero-order valence-corrected chi connectivity index (χ0v) is 22.1. The van der Waals surface area contributed by atoms with Crippen molar-refractivity contribution in [2.45, 2.75) is 89.5 Å². The van der Waals surface area contributed by atoms with Gasteiger partial charge in [-0.2, -0.15) is 0 Å². The molecule has 0 amide bonds. The molecule has 8 heteroatoms. The average molecular weight is 515 g/mol. The Hall–Kier alpha value is -2.26. The molecule has 0 radical (unpaired) electrons. The first-order valence-electron chi connectivity index (χ1n) is 13.3. The van der Waals surface area contributed by atoms with Crippen LogP contribution in [0, 0.1) is 10.8 Å². The molecule has 0 aromatic carbocycles. The second-order valence-corrected chi connectivity index (χ2v) is 11.4. The van der Waals surface area contributed by atoms with E-state index in [0.717, 1.165) is 18.4 Å². The zero-order valence-electron chi connectivity index (χ0n) is 22.1. The molecular formula is C29H38O8. The molecule has 1 saturated carbocycles. The van der Waals surface area contributed by atoms with Gasteiger partial charge in [-0.05, 0) is 40.0 Å². The fourth-order valence-corrected chi connectivity index (χ4v) is 6.85. The lowest BCUT2D eigenvalue weighted by atomic mass is 9.51. The molecule has 0 unspecified atom stereocenters. The van der Waals surface area contributed by atoms with Gasteiger partial charge >= 0.3 is 11.9 Å². The highest BCUT2D eigenvalue weighted by Gasteiger charge is 2.83. The van der Waals surface area contributed by atoms with Crippen LogP contribution >= 0.6 is 0 Å². The lowest BCUT2D eigenvalue weighted by molar-refractivity contribution is -0.232. The van der Waals surface area contributed by atoms with Crippen LogP contribution in [0.5, 0.6) is 0 Å². The number of aliphatic hydroxyl groups is 1. The summed E-state index contributed by atoms with van der Waals surface area (Å²) in [4.78, 5) is 25.9. The van der Waals surface area contributed by atoms with Gasteiger partial charge in [-0.1, -0.05) is 42.4 Å². The summed E-state index contributed by atoms with van der Waals surface area (Å²) in [6, 6.07) is 0. The van der Waals surface area contributed by atoms with Gasteiger partial charge in [0.25, 0.3) is 0 Å². The van der Waals surface area contributed by atoms with Gasteiger partial charge in [0.05, 0.1) is 36.9 Å². The maximum atomic E-state index is 12.9. The number of rotatable bonds is 1. The predicted molar refractivity (Wildman–Crippen MR) is 134 cm³/mol. The van der Waals surface area contributed by atoms with Crippen LogP contribution in [-0.2, 0) is 33.3 Å². The van der Waals surface area contributed by atoms with E-state index in [-0.39, 0.29) is 18.8 Å². The van der Waals surface area contributed by atoms with Crippen molar-refractivity contribution < 1.29 is 38.4 Å². The number of carbonyl (C=O) groups is 2. The van der Waals surface area contributed by atoms with Crippen molar-refractivity contribution in [2.24, 2.45) is 10.8 Å². The Labute approximate surface area is 218 Å². The third kappa shape index (κ3) is 4.42. The molecule has 2 bridgehead atoms. The maximum Gasteiger partial charge on any atom is 0.331 e. The first kappa shape index (κ1) is 26.4. The molecule has 37 heavy (non-hydrogen) atoms. The third-order valence-electron chi connectivity index (χ3n) is 9.24. The molecule has 0 aromatic heterocycles. The van der Waals surface area contributed by atoms with E-state index >= 15 is 0 Å². The van der Waals surface area contributed by atoms with Gasteiger partial charge in [0.15, 0.2) is 0 Å². The Morgan fingerprint density at radius 2 is 1.84 bits per heavy atom. The van der Waals surface area contributed by atoms with Gasteiger partial charge in [-0.3, -0.25) is 0 Å². The van der Waals surface area contributed by atoms with E-state index in [1.807, 2.05) is 6.92 Å². The van der Waals surface area contributed by atoms with Crippen molar-refractivity contribution in [3.63, 3.8) is 0 Å². The summed E-state index contributed by atoms with van der Waals surface area (Å²) in [6.07, 6.45) is 10.5. The zero-order chi connectivity index (χ0) is 26.4. The normalized spacial score (nSPS) is 45.3. The second-order valence-electron chi connectivity index (χ2n) is 11.4. The van der Waals surface area contributed by atoms with Crippen LogP contribution in [0.4, 0.5) is 0 Å². The van der Waals surface area contributed by atoms with E-state index in [1.165, 1.54) is 17.7 Å². The summed E-state index contributed by atoms with van der Waals surface area (Å²) in [5.74, 6) is -0.879. The fraction of sp³-hybridized carbons (Fsp3) is 0.655. The number of allylic oxidation sites excluding steroid dienone is 3. The van der Waals surface area contributed by atoms with Gasteiger partial charge in [-0.15, -0.1) is 0 Å². The first-order chi connectivity index (χ1) is 17.6. The number of cyclic esters (lactones) is 1. The van der Waals surface area contributed by atoms with Crippen molar-refractivity contribution in [3.05, 3.63) is 47.6 Å². The van der Waals surface area contributed by atoms with E-state index in [1.54, 1.807) is 25.2 Å². The van der Waals surface area contributed by atoms with Crippen LogP contribution in [0.25, 0.3) is 0 Å². The van der Waals surface area contributed by atoms with Crippen LogP contribution < -0.4 is 0 Å². The maximum absolute atomic E-state index is 12.9. The van der Waals surface area contributed by atoms with Crippen molar-refractivity contribution in [1.82, 2.24) is 0 Å². The van der Waals surface area contributed by atoms with Crippen molar-refractivity contribution in [2.75, 3.05) is 19.8 Å². The van der Waals surface area contributed by atoms with Crippen molar-refractivity contribution in [3.8, 4) is 0 Å². The Kier molecular flexibility index (Phi) is 6.98. The van der Waals surface area contributed by atoms with Crippen LogP contribution in [-0.4, -0.2) is 73.0 Å². The number of hydrogen-bond donors (Lipinski definition) is 1. The van der Waals surface area contributed by atoms with Crippen LogP contribution in [0.1, 0.15) is 53.4 Å². The lowest BCUT2D eigenvalue weighted by Crippen LogP contribution is -2.66. The second kappa shape index (κ2) is 9.80. The smallest absolute Gasteiger partial charge is 0.331 e. The highest BCUT2D eigenvalue weighted by molar-refractivity contribution is 5.83. The van der Waals surface area contributed by atoms with Gasteiger partial charge < -0.3 is 28.8 Å². The molecule has 2 aliphatic carbocycles. The Balaban J connectivity index is 1.51.